The molecule has 0 aliphatic carbocycles. The van der Waals surface area contributed by atoms with E-state index in [1.165, 1.54) is 43.7 Å². The van der Waals surface area contributed by atoms with E-state index in [4.69, 9.17) is 17.0 Å². The topological polar surface area (TPSA) is 32.2 Å². The van der Waals surface area contributed by atoms with Crippen LogP contribution in [0.1, 0.15) is 24.8 Å². The van der Waals surface area contributed by atoms with Crippen molar-refractivity contribution < 1.29 is 9.64 Å². The monoisotopic (exact) mass is 377 g/mol. The quantitative estimate of drug-likeness (QED) is 0.545. The number of nitrogens with zero attached hydrogens (tertiary/aromatic N) is 2. The second-order valence-corrected chi connectivity index (χ2v) is 7.76. The second-order valence-electron chi connectivity index (χ2n) is 7.38. The van der Waals surface area contributed by atoms with Crippen LogP contribution < -0.4 is 15.1 Å². The van der Waals surface area contributed by atoms with Gasteiger partial charge in [-0.25, -0.2) is 0 Å². The molecule has 2 N–H and O–H groups in total. The third kappa shape index (κ3) is 5.56. The van der Waals surface area contributed by atoms with Crippen LogP contribution in [0.4, 0.5) is 5.69 Å². The predicted molar refractivity (Wildman–Crippen MR) is 111 cm³/mol. The average molecular weight is 378 g/mol. The fraction of sp³-hybridized carbons (Fsp3) is 0.650. The lowest BCUT2D eigenvalue weighted by molar-refractivity contribution is -0.908. The van der Waals surface area contributed by atoms with Crippen LogP contribution in [-0.4, -0.2) is 69.5 Å². The van der Waals surface area contributed by atoms with Gasteiger partial charge in [0.2, 0.25) is 0 Å². The summed E-state index contributed by atoms with van der Waals surface area (Å²) in [5.74, 6) is 0. The lowest BCUT2D eigenvalue weighted by Crippen LogP contribution is -3.14. The Morgan fingerprint density at radius 1 is 1.23 bits per heavy atom. The zero-order valence-corrected chi connectivity index (χ0v) is 16.8. The number of thiocarbonyl (C=S) groups is 1. The number of hydrogen-bond donors (Lipinski definition) is 2. The highest BCUT2D eigenvalue weighted by molar-refractivity contribution is 7.80. The van der Waals surface area contributed by atoms with Crippen molar-refractivity contribution >= 4 is 23.0 Å². The molecule has 2 fully saturated rings. The number of benzene rings is 1. The zero-order chi connectivity index (χ0) is 18.2. The van der Waals surface area contributed by atoms with Crippen LogP contribution >= 0.6 is 12.2 Å². The van der Waals surface area contributed by atoms with Gasteiger partial charge in [-0.1, -0.05) is 18.2 Å². The van der Waals surface area contributed by atoms with Crippen LogP contribution in [0.2, 0.25) is 0 Å². The fourth-order valence-electron chi connectivity index (χ4n) is 3.82. The molecule has 2 aliphatic rings. The molecule has 0 amide bonds. The maximum Gasteiger partial charge on any atom is 0.168 e. The minimum absolute atomic E-state index is 0.846. The number of hydrogen-bond acceptors (Lipinski definition) is 3. The Hall–Kier alpha value is -1.37. The van der Waals surface area contributed by atoms with Crippen molar-refractivity contribution in [3.05, 3.63) is 29.8 Å². The van der Waals surface area contributed by atoms with Crippen LogP contribution in [-0.2, 0) is 11.3 Å². The van der Waals surface area contributed by atoms with E-state index in [1.54, 1.807) is 4.90 Å². The van der Waals surface area contributed by atoms with E-state index in [0.717, 1.165) is 50.9 Å². The van der Waals surface area contributed by atoms with Crippen LogP contribution in [0.25, 0.3) is 0 Å². The molecule has 2 aliphatic heterocycles. The van der Waals surface area contributed by atoms with Gasteiger partial charge in [0, 0.05) is 45.3 Å². The van der Waals surface area contributed by atoms with Gasteiger partial charge in [-0.2, -0.15) is 0 Å². The Morgan fingerprint density at radius 3 is 2.73 bits per heavy atom. The molecule has 3 rings (SSSR count). The highest BCUT2D eigenvalue weighted by atomic mass is 32.1. The Kier molecular flexibility index (Phi) is 7.53. The average Bonchev–Trinajstić information content (AvgIpc) is 3.21. The molecule has 0 atom stereocenters. The number of rotatable bonds is 7. The van der Waals surface area contributed by atoms with Gasteiger partial charge in [-0.15, -0.1) is 0 Å². The smallest absolute Gasteiger partial charge is 0.168 e. The first kappa shape index (κ1) is 19.4. The summed E-state index contributed by atoms with van der Waals surface area (Å²) in [7, 11) is 2.09. The molecule has 2 saturated heterocycles. The second kappa shape index (κ2) is 10.1. The molecule has 1 aromatic rings. The molecule has 6 heteroatoms. The number of anilines is 1. The molecule has 5 nitrogen and oxygen atoms in total. The highest BCUT2D eigenvalue weighted by Crippen LogP contribution is 2.25. The van der Waals surface area contributed by atoms with E-state index in [0.29, 0.717) is 0 Å². The fourth-order valence-corrected chi connectivity index (χ4v) is 3.98. The molecule has 0 aromatic heterocycles. The molecule has 0 unspecified atom stereocenters. The van der Waals surface area contributed by atoms with Crippen molar-refractivity contribution in [3.8, 4) is 0 Å². The molecule has 0 bridgehead atoms. The highest BCUT2D eigenvalue weighted by Gasteiger charge is 2.17. The molecular weight excluding hydrogens is 344 g/mol. The molecule has 2 heterocycles. The van der Waals surface area contributed by atoms with E-state index in [9.17, 15) is 0 Å². The van der Waals surface area contributed by atoms with Gasteiger partial charge in [0.25, 0.3) is 0 Å². The van der Waals surface area contributed by atoms with Gasteiger partial charge in [0.05, 0.1) is 19.8 Å². The zero-order valence-electron chi connectivity index (χ0n) is 16.0. The lowest BCUT2D eigenvalue weighted by atomic mass is 10.1. The third-order valence-electron chi connectivity index (χ3n) is 5.38. The van der Waals surface area contributed by atoms with Crippen molar-refractivity contribution in [1.82, 2.24) is 10.2 Å². The van der Waals surface area contributed by atoms with Crippen LogP contribution in [0.3, 0.4) is 0 Å². The molecule has 0 saturated carbocycles. The number of ether oxygens (including phenoxy) is 1. The van der Waals surface area contributed by atoms with Crippen molar-refractivity contribution in [2.75, 3.05) is 64.4 Å². The third-order valence-corrected chi connectivity index (χ3v) is 5.83. The SMILES string of the molecule is CN(Cc1ccccc1N1CCCC1)C(=S)NCCC[NH+]1CCOCC1. The molecule has 0 radical (unpaired) electrons. The first-order valence-corrected chi connectivity index (χ1v) is 10.4. The predicted octanol–water partition coefficient (Wildman–Crippen LogP) is 0.898. The van der Waals surface area contributed by atoms with E-state index in [1.807, 2.05) is 0 Å². The summed E-state index contributed by atoms with van der Waals surface area (Å²) in [4.78, 5) is 6.31. The van der Waals surface area contributed by atoms with Gasteiger partial charge in [0.15, 0.2) is 5.11 Å². The number of quaternary nitrogens is 1. The van der Waals surface area contributed by atoms with E-state index in [2.05, 4.69) is 46.4 Å². The Labute approximate surface area is 163 Å². The number of para-hydroxylation sites is 1. The van der Waals surface area contributed by atoms with Crippen LogP contribution in [0.15, 0.2) is 24.3 Å². The summed E-state index contributed by atoms with van der Waals surface area (Å²) in [6.45, 7) is 9.42. The van der Waals surface area contributed by atoms with E-state index in [-0.39, 0.29) is 0 Å². The van der Waals surface area contributed by atoms with Gasteiger partial charge in [-0.3, -0.25) is 0 Å². The van der Waals surface area contributed by atoms with Crippen molar-refractivity contribution in [2.45, 2.75) is 25.8 Å². The summed E-state index contributed by atoms with van der Waals surface area (Å²) in [5, 5.41) is 4.28. The molecule has 1 aromatic carbocycles. The van der Waals surface area contributed by atoms with E-state index >= 15 is 0 Å². The Balaban J connectivity index is 1.42. The number of nitrogens with one attached hydrogen (secondary N) is 2. The summed E-state index contributed by atoms with van der Waals surface area (Å²) < 4.78 is 5.41. The summed E-state index contributed by atoms with van der Waals surface area (Å²) in [6, 6.07) is 8.75. The summed E-state index contributed by atoms with van der Waals surface area (Å²) >= 11 is 5.60. The molecule has 0 spiro atoms. The minimum atomic E-state index is 0.846. The normalized spacial score (nSPS) is 18.1. The Bertz CT molecular complexity index is 571. The van der Waals surface area contributed by atoms with Crippen LogP contribution in [0, 0.1) is 0 Å². The standard InChI is InChI=1S/C20H32N4OS/c1-22(20(26)21-9-6-10-23-13-15-25-16-14-23)17-18-7-2-3-8-19(18)24-11-4-5-12-24/h2-3,7-8H,4-6,9-17H2,1H3,(H,21,26)/p+1. The van der Waals surface area contributed by atoms with Gasteiger partial charge in [-0.05, 0) is 36.7 Å². The molecule has 144 valence electrons. The van der Waals surface area contributed by atoms with Gasteiger partial charge >= 0.3 is 0 Å². The molecular formula is C20H33N4OS+. The van der Waals surface area contributed by atoms with Crippen molar-refractivity contribution in [3.63, 3.8) is 0 Å². The lowest BCUT2D eigenvalue weighted by Gasteiger charge is -2.26. The number of morpholine rings is 1. The van der Waals surface area contributed by atoms with Gasteiger partial charge < -0.3 is 24.8 Å². The summed E-state index contributed by atoms with van der Waals surface area (Å²) in [6.07, 6.45) is 3.75. The maximum absolute atomic E-state index is 5.60. The minimum Gasteiger partial charge on any atom is -0.371 e. The van der Waals surface area contributed by atoms with Crippen molar-refractivity contribution in [2.24, 2.45) is 0 Å². The molecule has 26 heavy (non-hydrogen) atoms. The maximum atomic E-state index is 5.60. The largest absolute Gasteiger partial charge is 0.371 e. The van der Waals surface area contributed by atoms with Crippen molar-refractivity contribution in [1.29, 1.82) is 0 Å². The van der Waals surface area contributed by atoms with Gasteiger partial charge in [0.1, 0.15) is 13.1 Å². The van der Waals surface area contributed by atoms with Crippen LogP contribution in [0.5, 0.6) is 0 Å². The van der Waals surface area contributed by atoms with E-state index < -0.39 is 0 Å². The first-order valence-electron chi connectivity index (χ1n) is 9.97. The summed E-state index contributed by atoms with van der Waals surface area (Å²) in [5.41, 5.74) is 2.73. The Morgan fingerprint density at radius 2 is 1.96 bits per heavy atom. The first-order chi connectivity index (χ1) is 12.7.